The molecule has 25 heavy (non-hydrogen) atoms. The summed E-state index contributed by atoms with van der Waals surface area (Å²) in [5.41, 5.74) is 0.536. The first-order chi connectivity index (χ1) is 11.9. The summed E-state index contributed by atoms with van der Waals surface area (Å²) in [5.74, 6) is 0.845. The lowest BCUT2D eigenvalue weighted by Gasteiger charge is -2.50. The molecule has 2 bridgehead atoms. The maximum atomic E-state index is 13.3. The second-order valence-corrected chi connectivity index (χ2v) is 7.24. The Morgan fingerprint density at radius 3 is 2.76 bits per heavy atom. The molecule has 1 N–H and O–H groups in total. The smallest absolute Gasteiger partial charge is 0.325 e. The molecule has 7 heteroatoms. The number of hydrogen-bond donors (Lipinski definition) is 1. The summed E-state index contributed by atoms with van der Waals surface area (Å²) in [7, 11) is 1.58. The van der Waals surface area contributed by atoms with Crippen LogP contribution in [0, 0.1) is 5.82 Å². The van der Waals surface area contributed by atoms with Gasteiger partial charge in [-0.15, -0.1) is 0 Å². The highest BCUT2D eigenvalue weighted by Crippen LogP contribution is 2.50. The maximum Gasteiger partial charge on any atom is 0.325 e. The molecule has 1 fully saturated rings. The molecule has 0 saturated carbocycles. The van der Waals surface area contributed by atoms with Gasteiger partial charge >= 0.3 is 6.03 Å². The first kappa shape index (κ1) is 16.2. The van der Waals surface area contributed by atoms with Gasteiger partial charge in [0.2, 0.25) is 0 Å². The molecule has 0 aromatic heterocycles. The highest BCUT2D eigenvalue weighted by atomic mass is 79.9. The maximum absolute atomic E-state index is 13.3. The molecule has 0 aliphatic carbocycles. The van der Waals surface area contributed by atoms with Gasteiger partial charge in [0.1, 0.15) is 5.82 Å². The van der Waals surface area contributed by atoms with Crippen molar-refractivity contribution in [3.8, 4) is 11.5 Å². The highest BCUT2D eigenvalue weighted by Gasteiger charge is 2.50. The lowest BCUT2D eigenvalue weighted by Crippen LogP contribution is -2.65. The number of carbonyl (C=O) groups excluding carboxylic acids is 1. The lowest BCUT2D eigenvalue weighted by molar-refractivity contribution is 0.0349. The van der Waals surface area contributed by atoms with E-state index in [-0.39, 0.29) is 17.9 Å². The molecule has 2 aliphatic rings. The fraction of sp³-hybridized carbons (Fsp3) is 0.278. The number of rotatable bonds is 2. The second-order valence-electron chi connectivity index (χ2n) is 6.32. The van der Waals surface area contributed by atoms with Crippen molar-refractivity contribution in [1.29, 1.82) is 0 Å². The van der Waals surface area contributed by atoms with E-state index in [2.05, 4.69) is 21.2 Å². The molecule has 130 valence electrons. The number of hydrogen-bond acceptors (Lipinski definition) is 3. The lowest BCUT2D eigenvalue weighted by atomic mass is 9.90. The third-order valence-corrected chi connectivity index (χ3v) is 5.06. The fourth-order valence-corrected chi connectivity index (χ4v) is 3.99. The third kappa shape index (κ3) is 2.54. The van der Waals surface area contributed by atoms with E-state index in [9.17, 15) is 9.18 Å². The quantitative estimate of drug-likeness (QED) is 0.805. The van der Waals surface area contributed by atoms with Gasteiger partial charge in [-0.05, 0) is 43.3 Å². The average Bonchev–Trinajstić information content (AvgIpc) is 2.56. The molecule has 1 saturated heterocycles. The normalized spacial score (nSPS) is 24.2. The molecule has 0 unspecified atom stereocenters. The summed E-state index contributed by atoms with van der Waals surface area (Å²) in [4.78, 5) is 14.3. The number of methoxy groups -OCH3 is 1. The van der Waals surface area contributed by atoms with E-state index in [0.717, 1.165) is 10.0 Å². The predicted octanol–water partition coefficient (Wildman–Crippen LogP) is 4.37. The minimum atomic E-state index is -0.904. The predicted molar refractivity (Wildman–Crippen MR) is 94.5 cm³/mol. The van der Waals surface area contributed by atoms with Gasteiger partial charge in [0.15, 0.2) is 17.2 Å². The molecule has 0 radical (unpaired) electrons. The van der Waals surface area contributed by atoms with Crippen molar-refractivity contribution in [3.05, 3.63) is 52.3 Å². The zero-order valence-electron chi connectivity index (χ0n) is 13.7. The van der Waals surface area contributed by atoms with Crippen LogP contribution < -0.4 is 19.7 Å². The van der Waals surface area contributed by atoms with E-state index < -0.39 is 5.72 Å². The number of nitrogens with one attached hydrogen (secondary N) is 1. The first-order valence-corrected chi connectivity index (χ1v) is 8.63. The number of fused-ring (bicyclic) bond motifs is 4. The number of urea groups is 1. The summed E-state index contributed by atoms with van der Waals surface area (Å²) in [5, 5.41) is 3.01. The molecule has 0 spiro atoms. The number of amides is 2. The number of ether oxygens (including phenoxy) is 2. The van der Waals surface area contributed by atoms with Crippen LogP contribution >= 0.6 is 15.9 Å². The third-order valence-electron chi connectivity index (χ3n) is 4.61. The molecule has 2 aromatic carbocycles. The van der Waals surface area contributed by atoms with Crippen LogP contribution in [0.5, 0.6) is 11.5 Å². The molecule has 2 heterocycles. The van der Waals surface area contributed by atoms with Crippen LogP contribution in [-0.4, -0.2) is 18.9 Å². The van der Waals surface area contributed by atoms with Crippen LogP contribution in [0.3, 0.4) is 0 Å². The summed E-state index contributed by atoms with van der Waals surface area (Å²) >= 11 is 3.46. The van der Waals surface area contributed by atoms with Crippen molar-refractivity contribution in [2.75, 3.05) is 12.0 Å². The van der Waals surface area contributed by atoms with Crippen LogP contribution in [-0.2, 0) is 0 Å². The standard InChI is InChI=1S/C18H16BrFN2O3/c1-18-9-14(13-7-10(19)8-15(24-2)16(13)25-18)21-17(23)22(18)12-5-3-11(20)4-6-12/h3-8,14H,9H2,1-2H3,(H,21,23)/t14-,18-/m0/s1. The Bertz CT molecular complexity index is 858. The minimum Gasteiger partial charge on any atom is -0.493 e. The van der Waals surface area contributed by atoms with Gasteiger partial charge in [0.05, 0.1) is 13.2 Å². The van der Waals surface area contributed by atoms with Crippen molar-refractivity contribution in [1.82, 2.24) is 5.32 Å². The number of carbonyl (C=O) groups is 1. The Hall–Kier alpha value is -2.28. The van der Waals surface area contributed by atoms with Crippen LogP contribution in [0.25, 0.3) is 0 Å². The molecular formula is C18H16BrFN2O3. The Balaban J connectivity index is 1.82. The molecule has 2 atom stereocenters. The van der Waals surface area contributed by atoms with Gasteiger partial charge in [-0.2, -0.15) is 0 Å². The molecule has 5 nitrogen and oxygen atoms in total. The highest BCUT2D eigenvalue weighted by molar-refractivity contribution is 9.10. The fourth-order valence-electron chi connectivity index (χ4n) is 3.53. The van der Waals surface area contributed by atoms with E-state index in [1.54, 1.807) is 19.2 Å². The number of halogens is 2. The Labute approximate surface area is 152 Å². The van der Waals surface area contributed by atoms with Gasteiger partial charge in [0.25, 0.3) is 0 Å². The van der Waals surface area contributed by atoms with Crippen molar-refractivity contribution < 1.29 is 18.7 Å². The summed E-state index contributed by atoms with van der Waals surface area (Å²) in [6, 6.07) is 9.07. The Kier molecular flexibility index (Phi) is 3.64. The van der Waals surface area contributed by atoms with Crippen molar-refractivity contribution in [2.45, 2.75) is 25.1 Å². The zero-order chi connectivity index (χ0) is 17.8. The monoisotopic (exact) mass is 406 g/mol. The largest absolute Gasteiger partial charge is 0.493 e. The summed E-state index contributed by atoms with van der Waals surface area (Å²) in [6.07, 6.45) is 0.558. The van der Waals surface area contributed by atoms with Gasteiger partial charge in [0, 0.05) is 22.1 Å². The zero-order valence-corrected chi connectivity index (χ0v) is 15.3. The number of anilines is 1. The van der Waals surface area contributed by atoms with Crippen LogP contribution in [0.15, 0.2) is 40.9 Å². The van der Waals surface area contributed by atoms with Crippen LogP contribution in [0.1, 0.15) is 24.9 Å². The molecule has 2 aliphatic heterocycles. The van der Waals surface area contributed by atoms with Crippen molar-refractivity contribution in [3.63, 3.8) is 0 Å². The van der Waals surface area contributed by atoms with Crippen LogP contribution in [0.2, 0.25) is 0 Å². The van der Waals surface area contributed by atoms with Crippen molar-refractivity contribution in [2.24, 2.45) is 0 Å². The summed E-state index contributed by atoms with van der Waals surface area (Å²) in [6.45, 7) is 1.85. The Morgan fingerprint density at radius 2 is 2.08 bits per heavy atom. The Morgan fingerprint density at radius 1 is 1.36 bits per heavy atom. The van der Waals surface area contributed by atoms with Gasteiger partial charge in [-0.1, -0.05) is 15.9 Å². The average molecular weight is 407 g/mol. The van der Waals surface area contributed by atoms with Crippen molar-refractivity contribution >= 4 is 27.6 Å². The summed E-state index contributed by atoms with van der Waals surface area (Å²) < 4.78 is 25.8. The number of benzene rings is 2. The molecule has 2 amide bonds. The SMILES string of the molecule is COc1cc(Br)cc2c1O[C@@]1(C)C[C@@H]2NC(=O)N1c1ccc(F)cc1. The van der Waals surface area contributed by atoms with E-state index in [0.29, 0.717) is 23.6 Å². The second kappa shape index (κ2) is 5.62. The molecule has 4 rings (SSSR count). The van der Waals surface area contributed by atoms with Crippen LogP contribution in [0.4, 0.5) is 14.9 Å². The van der Waals surface area contributed by atoms with E-state index in [1.165, 1.54) is 17.0 Å². The van der Waals surface area contributed by atoms with Gasteiger partial charge in [-0.25, -0.2) is 9.18 Å². The topological polar surface area (TPSA) is 50.8 Å². The van der Waals surface area contributed by atoms with E-state index in [4.69, 9.17) is 9.47 Å². The van der Waals surface area contributed by atoms with Gasteiger partial charge in [-0.3, -0.25) is 4.90 Å². The van der Waals surface area contributed by atoms with E-state index >= 15 is 0 Å². The van der Waals surface area contributed by atoms with Gasteiger partial charge < -0.3 is 14.8 Å². The number of nitrogens with zero attached hydrogens (tertiary/aromatic N) is 1. The minimum absolute atomic E-state index is 0.190. The first-order valence-electron chi connectivity index (χ1n) is 7.84. The molecule has 2 aromatic rings. The molecular weight excluding hydrogens is 391 g/mol. The van der Waals surface area contributed by atoms with E-state index in [1.807, 2.05) is 19.1 Å².